The van der Waals surface area contributed by atoms with Gasteiger partial charge >= 0.3 is 99.2 Å². The van der Waals surface area contributed by atoms with Crippen LogP contribution >= 0.6 is 0 Å². The Morgan fingerprint density at radius 2 is 1.29 bits per heavy atom. The summed E-state index contributed by atoms with van der Waals surface area (Å²) < 4.78 is 1.42. The molecule has 38 heavy (non-hydrogen) atoms. The molecule has 0 fully saturated rings. The van der Waals surface area contributed by atoms with E-state index in [4.69, 9.17) is 0 Å². The fourth-order valence-electron chi connectivity index (χ4n) is 5.38. The van der Waals surface area contributed by atoms with E-state index >= 15 is 0 Å². The van der Waals surface area contributed by atoms with Crippen molar-refractivity contribution in [3.63, 3.8) is 0 Å². The van der Waals surface area contributed by atoms with Crippen LogP contribution in [0, 0.1) is 27.7 Å². The first-order valence-electron chi connectivity index (χ1n) is 12.6. The molecular formula is C35H31Cl2Zr-. The van der Waals surface area contributed by atoms with E-state index in [1.165, 1.54) is 93.5 Å². The van der Waals surface area contributed by atoms with Gasteiger partial charge in [-0.25, -0.2) is 0 Å². The molecule has 0 amide bonds. The third kappa shape index (κ3) is 5.77. The molecule has 0 atom stereocenters. The van der Waals surface area contributed by atoms with Crippen molar-refractivity contribution >= 4 is 30.3 Å². The van der Waals surface area contributed by atoms with E-state index in [1.807, 2.05) is 0 Å². The van der Waals surface area contributed by atoms with E-state index < -0.39 is 0 Å². The van der Waals surface area contributed by atoms with Gasteiger partial charge in [0.2, 0.25) is 0 Å². The Balaban J connectivity index is 0.000000219. The van der Waals surface area contributed by atoms with Gasteiger partial charge in [0, 0.05) is 0 Å². The molecular weight excluding hydrogens is 583 g/mol. The van der Waals surface area contributed by atoms with Crippen LogP contribution in [0.1, 0.15) is 45.4 Å². The van der Waals surface area contributed by atoms with Crippen molar-refractivity contribution in [3.05, 3.63) is 142 Å². The normalized spacial score (nSPS) is 11.9. The number of fused-ring (bicyclic) bond motifs is 3. The van der Waals surface area contributed by atoms with Crippen molar-refractivity contribution in [3.8, 4) is 0 Å². The molecule has 0 saturated heterocycles. The average Bonchev–Trinajstić information content (AvgIpc) is 3.58. The third-order valence-corrected chi connectivity index (χ3v) is 8.90. The molecule has 0 spiro atoms. The summed E-state index contributed by atoms with van der Waals surface area (Å²) in [6, 6.07) is 30.1. The summed E-state index contributed by atoms with van der Waals surface area (Å²) in [5.74, 6) is 0. The van der Waals surface area contributed by atoms with Crippen LogP contribution in [0.25, 0.3) is 27.1 Å². The predicted molar refractivity (Wildman–Crippen MR) is 154 cm³/mol. The van der Waals surface area contributed by atoms with Crippen molar-refractivity contribution in [1.82, 2.24) is 0 Å². The summed E-state index contributed by atoms with van der Waals surface area (Å²) in [7, 11) is 0. The zero-order chi connectivity index (χ0) is 25.2. The van der Waals surface area contributed by atoms with Crippen molar-refractivity contribution < 1.29 is 49.0 Å². The van der Waals surface area contributed by atoms with Gasteiger partial charge < -0.3 is 24.8 Å². The Labute approximate surface area is 254 Å². The molecule has 0 unspecified atom stereocenters. The Morgan fingerprint density at radius 3 is 1.84 bits per heavy atom. The van der Waals surface area contributed by atoms with Crippen LogP contribution < -0.4 is 24.8 Å². The quantitative estimate of drug-likeness (QED) is 0.275. The molecule has 1 aliphatic carbocycles. The molecule has 1 aliphatic rings. The SMILES string of the molecule is Cc1c(C)c(C)c2c([cH-]c3cccc(C)c32)c1C1=CC=CC1.[Cl-].[Cl-].[Zr+2]=[C](c1ccccc1)c1ccccc1. The summed E-state index contributed by atoms with van der Waals surface area (Å²) >= 11 is 1.46. The second kappa shape index (κ2) is 13.1. The molecule has 6 rings (SSSR count). The minimum atomic E-state index is 0. The fourth-order valence-corrected chi connectivity index (χ4v) is 6.20. The number of aryl methyl sites for hydroxylation is 2. The second-order valence-electron chi connectivity index (χ2n) is 9.65. The van der Waals surface area contributed by atoms with Gasteiger partial charge in [-0.1, -0.05) is 63.8 Å². The summed E-state index contributed by atoms with van der Waals surface area (Å²) in [5, 5.41) is 5.70. The fraction of sp³-hybridized carbons (Fsp3) is 0.143. The van der Waals surface area contributed by atoms with Gasteiger partial charge in [-0.3, -0.25) is 0 Å². The van der Waals surface area contributed by atoms with E-state index in [9.17, 15) is 0 Å². The second-order valence-corrected chi connectivity index (χ2v) is 10.9. The van der Waals surface area contributed by atoms with E-state index in [2.05, 4.69) is 131 Å². The molecule has 3 heteroatoms. The first-order chi connectivity index (χ1) is 17.5. The predicted octanol–water partition coefficient (Wildman–Crippen LogP) is 3.10. The van der Waals surface area contributed by atoms with Crippen molar-refractivity contribution in [2.45, 2.75) is 34.1 Å². The first-order valence-corrected chi connectivity index (χ1v) is 13.8. The van der Waals surface area contributed by atoms with Crippen LogP contribution in [0.5, 0.6) is 0 Å². The topological polar surface area (TPSA) is 0 Å². The molecule has 0 nitrogen and oxygen atoms in total. The molecule has 0 aromatic heterocycles. The molecule has 0 saturated carbocycles. The number of benzene rings is 4. The van der Waals surface area contributed by atoms with Gasteiger partial charge in [-0.05, 0) is 34.1 Å². The molecule has 0 aliphatic heterocycles. The summed E-state index contributed by atoms with van der Waals surface area (Å²) in [5.41, 5.74) is 11.3. The number of hydrogen-bond donors (Lipinski definition) is 0. The van der Waals surface area contributed by atoms with Gasteiger partial charge in [0.25, 0.3) is 0 Å². The summed E-state index contributed by atoms with van der Waals surface area (Å²) in [6.45, 7) is 9.06. The third-order valence-electron chi connectivity index (χ3n) is 7.49. The van der Waals surface area contributed by atoms with E-state index in [1.54, 1.807) is 0 Å². The van der Waals surface area contributed by atoms with Crippen molar-refractivity contribution in [2.75, 3.05) is 0 Å². The Hall–Kier alpha value is -2.44. The van der Waals surface area contributed by atoms with Gasteiger partial charge in [0.05, 0.1) is 0 Å². The van der Waals surface area contributed by atoms with Crippen LogP contribution in [0.2, 0.25) is 0 Å². The van der Waals surface area contributed by atoms with Crippen LogP contribution in [0.3, 0.4) is 0 Å². The van der Waals surface area contributed by atoms with Gasteiger partial charge in [-0.15, -0.1) is 33.7 Å². The van der Waals surface area contributed by atoms with Gasteiger partial charge in [-0.2, -0.15) is 0 Å². The minimum absolute atomic E-state index is 0. The zero-order valence-electron chi connectivity index (χ0n) is 22.3. The van der Waals surface area contributed by atoms with Crippen LogP contribution in [0.15, 0.2) is 103 Å². The Morgan fingerprint density at radius 1 is 0.684 bits per heavy atom. The van der Waals surface area contributed by atoms with Crippen LogP contribution in [-0.4, -0.2) is 3.21 Å². The molecule has 0 bridgehead atoms. The summed E-state index contributed by atoms with van der Waals surface area (Å²) in [6.07, 6.45) is 7.77. The number of rotatable bonds is 3. The van der Waals surface area contributed by atoms with Crippen molar-refractivity contribution in [2.24, 2.45) is 0 Å². The van der Waals surface area contributed by atoms with Gasteiger partial charge in [0.15, 0.2) is 0 Å². The Kier molecular flexibility index (Phi) is 10.4. The molecule has 0 radical (unpaired) electrons. The molecule has 5 aromatic rings. The molecule has 190 valence electrons. The maximum absolute atomic E-state index is 2.39. The standard InChI is InChI=1S/C22H21.C13H10.2ClH.Zr/c1-13-8-7-11-18-12-19-21(17-9-5-6-10-17)15(3)14(2)16(4)22(19)20(13)18;1-3-7-12(8-4-1)11-13-9-5-2-6-10-13;;;/h5-9,11-12H,10H2,1-4H3;1-10H;2*1H;/q-1;;;;+2/p-2. The molecule has 5 aromatic carbocycles. The molecule has 0 N–H and O–H groups in total. The average molecular weight is 614 g/mol. The first kappa shape index (κ1) is 30.1. The van der Waals surface area contributed by atoms with Crippen LogP contribution in [0.4, 0.5) is 0 Å². The monoisotopic (exact) mass is 611 g/mol. The zero-order valence-corrected chi connectivity index (χ0v) is 26.2. The number of allylic oxidation sites excluding steroid dienone is 4. The van der Waals surface area contributed by atoms with E-state index in [0.29, 0.717) is 0 Å². The Bertz CT molecular complexity index is 1600. The van der Waals surface area contributed by atoms with Crippen LogP contribution in [-0.2, 0) is 24.2 Å². The number of halogens is 2. The number of hydrogen-bond acceptors (Lipinski definition) is 0. The molecule has 0 heterocycles. The van der Waals surface area contributed by atoms with E-state index in [0.717, 1.165) is 6.42 Å². The summed E-state index contributed by atoms with van der Waals surface area (Å²) in [4.78, 5) is 0. The van der Waals surface area contributed by atoms with Gasteiger partial charge in [0.1, 0.15) is 0 Å². The van der Waals surface area contributed by atoms with Crippen molar-refractivity contribution in [1.29, 1.82) is 0 Å². The van der Waals surface area contributed by atoms with E-state index in [-0.39, 0.29) is 24.8 Å². The maximum atomic E-state index is 2.39.